The van der Waals surface area contributed by atoms with Gasteiger partial charge in [-0.05, 0) is 12.8 Å². The van der Waals surface area contributed by atoms with Gasteiger partial charge < -0.3 is 10.6 Å². The molecule has 0 radical (unpaired) electrons. The van der Waals surface area contributed by atoms with E-state index in [2.05, 4.69) is 17.6 Å². The van der Waals surface area contributed by atoms with Crippen molar-refractivity contribution in [3.63, 3.8) is 0 Å². The SMILES string of the molecule is CC.CCCCNC(=O)C1CCC(=O)N1. The highest BCUT2D eigenvalue weighted by molar-refractivity contribution is 5.90. The lowest BCUT2D eigenvalue weighted by atomic mass is 10.2. The van der Waals surface area contributed by atoms with E-state index < -0.39 is 0 Å². The van der Waals surface area contributed by atoms with Gasteiger partial charge in [0.1, 0.15) is 6.04 Å². The largest absolute Gasteiger partial charge is 0.354 e. The van der Waals surface area contributed by atoms with Gasteiger partial charge in [0, 0.05) is 13.0 Å². The lowest BCUT2D eigenvalue weighted by Crippen LogP contribution is -2.41. The first kappa shape index (κ1) is 13.9. The highest BCUT2D eigenvalue weighted by atomic mass is 16.2. The van der Waals surface area contributed by atoms with Crippen LogP contribution in [0.15, 0.2) is 0 Å². The zero-order valence-corrected chi connectivity index (χ0v) is 9.93. The Morgan fingerprint density at radius 3 is 2.67 bits per heavy atom. The molecule has 0 aromatic rings. The molecule has 2 N–H and O–H groups in total. The summed E-state index contributed by atoms with van der Waals surface area (Å²) in [5.74, 6) is -0.0602. The molecule has 1 unspecified atom stereocenters. The summed E-state index contributed by atoms with van der Waals surface area (Å²) >= 11 is 0. The Labute approximate surface area is 91.8 Å². The summed E-state index contributed by atoms with van der Waals surface area (Å²) in [6, 6.07) is -0.288. The molecule has 0 aromatic carbocycles. The first-order chi connectivity index (χ1) is 7.24. The number of nitrogens with one attached hydrogen (secondary N) is 2. The lowest BCUT2D eigenvalue weighted by molar-refractivity contribution is -0.125. The minimum atomic E-state index is -0.288. The molecule has 88 valence electrons. The Balaban J connectivity index is 0.000000921. The van der Waals surface area contributed by atoms with E-state index in [-0.39, 0.29) is 17.9 Å². The average Bonchev–Trinajstić information content (AvgIpc) is 2.68. The fourth-order valence-corrected chi connectivity index (χ4v) is 1.32. The van der Waals surface area contributed by atoms with Crippen LogP contribution >= 0.6 is 0 Å². The first-order valence-electron chi connectivity index (χ1n) is 5.81. The first-order valence-corrected chi connectivity index (χ1v) is 5.81. The van der Waals surface area contributed by atoms with Crippen LogP contribution in [0.25, 0.3) is 0 Å². The molecule has 1 aliphatic heterocycles. The molecular weight excluding hydrogens is 192 g/mol. The van der Waals surface area contributed by atoms with Crippen LogP contribution in [0.5, 0.6) is 0 Å². The van der Waals surface area contributed by atoms with Crippen molar-refractivity contribution in [2.75, 3.05) is 6.54 Å². The van der Waals surface area contributed by atoms with E-state index >= 15 is 0 Å². The monoisotopic (exact) mass is 214 g/mol. The minimum Gasteiger partial charge on any atom is -0.354 e. The van der Waals surface area contributed by atoms with Gasteiger partial charge in [0.05, 0.1) is 0 Å². The third-order valence-electron chi connectivity index (χ3n) is 2.14. The van der Waals surface area contributed by atoms with Gasteiger partial charge >= 0.3 is 0 Å². The van der Waals surface area contributed by atoms with Crippen molar-refractivity contribution in [3.05, 3.63) is 0 Å². The second-order valence-electron chi connectivity index (χ2n) is 3.30. The molecule has 4 heteroatoms. The summed E-state index contributed by atoms with van der Waals surface area (Å²) in [6.45, 7) is 6.78. The molecule has 0 aromatic heterocycles. The number of carbonyl (C=O) groups excluding carboxylic acids is 2. The third kappa shape index (κ3) is 5.40. The lowest BCUT2D eigenvalue weighted by Gasteiger charge is -2.09. The summed E-state index contributed by atoms with van der Waals surface area (Å²) in [7, 11) is 0. The number of hydrogen-bond donors (Lipinski definition) is 2. The molecule has 1 fully saturated rings. The van der Waals surface area contributed by atoms with Crippen molar-refractivity contribution in [3.8, 4) is 0 Å². The van der Waals surface area contributed by atoms with Gasteiger partial charge in [-0.3, -0.25) is 9.59 Å². The maximum absolute atomic E-state index is 11.3. The summed E-state index contributed by atoms with van der Waals surface area (Å²) in [6.07, 6.45) is 3.17. The minimum absolute atomic E-state index is 0.0179. The van der Waals surface area contributed by atoms with Crippen molar-refractivity contribution in [1.29, 1.82) is 0 Å². The summed E-state index contributed by atoms with van der Waals surface area (Å²) in [4.78, 5) is 22.1. The molecule has 0 spiro atoms. The Bertz CT molecular complexity index is 205. The van der Waals surface area contributed by atoms with Crippen LogP contribution in [0.1, 0.15) is 46.5 Å². The molecule has 1 atom stereocenters. The van der Waals surface area contributed by atoms with Gasteiger partial charge in [-0.1, -0.05) is 27.2 Å². The van der Waals surface area contributed by atoms with Crippen LogP contribution in [0.3, 0.4) is 0 Å². The topological polar surface area (TPSA) is 58.2 Å². The third-order valence-corrected chi connectivity index (χ3v) is 2.14. The van der Waals surface area contributed by atoms with Crippen LogP contribution in [0.2, 0.25) is 0 Å². The van der Waals surface area contributed by atoms with Crippen molar-refractivity contribution in [2.45, 2.75) is 52.5 Å². The maximum Gasteiger partial charge on any atom is 0.242 e. The zero-order valence-electron chi connectivity index (χ0n) is 9.93. The Hall–Kier alpha value is -1.06. The van der Waals surface area contributed by atoms with Crippen LogP contribution in [-0.4, -0.2) is 24.4 Å². The van der Waals surface area contributed by atoms with E-state index in [1.807, 2.05) is 13.8 Å². The van der Waals surface area contributed by atoms with E-state index in [4.69, 9.17) is 0 Å². The smallest absolute Gasteiger partial charge is 0.242 e. The van der Waals surface area contributed by atoms with E-state index in [0.29, 0.717) is 19.4 Å². The molecular formula is C11H22N2O2. The van der Waals surface area contributed by atoms with Crippen molar-refractivity contribution < 1.29 is 9.59 Å². The van der Waals surface area contributed by atoms with Gasteiger partial charge in [-0.25, -0.2) is 0 Å². The normalized spacial score (nSPS) is 18.9. The highest BCUT2D eigenvalue weighted by Gasteiger charge is 2.26. The van der Waals surface area contributed by atoms with E-state index in [1.54, 1.807) is 0 Å². The van der Waals surface area contributed by atoms with Gasteiger partial charge in [0.2, 0.25) is 11.8 Å². The van der Waals surface area contributed by atoms with Crippen LogP contribution in [0.4, 0.5) is 0 Å². The maximum atomic E-state index is 11.3. The zero-order chi connectivity index (χ0) is 11.7. The van der Waals surface area contributed by atoms with Gasteiger partial charge in [-0.15, -0.1) is 0 Å². The number of hydrogen-bond acceptors (Lipinski definition) is 2. The molecule has 1 heterocycles. The fraction of sp³-hybridized carbons (Fsp3) is 0.818. The molecule has 1 saturated heterocycles. The summed E-state index contributed by atoms with van der Waals surface area (Å²) in [5, 5.41) is 5.42. The van der Waals surface area contributed by atoms with Gasteiger partial charge in [0.25, 0.3) is 0 Å². The van der Waals surface area contributed by atoms with Gasteiger partial charge in [-0.2, -0.15) is 0 Å². The predicted octanol–water partition coefficient (Wildman–Crippen LogP) is 1.21. The quantitative estimate of drug-likeness (QED) is 0.691. The fourth-order valence-electron chi connectivity index (χ4n) is 1.32. The summed E-state index contributed by atoms with van der Waals surface area (Å²) in [5.41, 5.74) is 0. The van der Waals surface area contributed by atoms with E-state index in [1.165, 1.54) is 0 Å². The molecule has 15 heavy (non-hydrogen) atoms. The van der Waals surface area contributed by atoms with Crippen molar-refractivity contribution >= 4 is 11.8 Å². The predicted molar refractivity (Wildman–Crippen MR) is 60.4 cm³/mol. The van der Waals surface area contributed by atoms with Crippen LogP contribution < -0.4 is 10.6 Å². The molecule has 1 rings (SSSR count). The number of unbranched alkanes of at least 4 members (excludes halogenated alkanes) is 1. The van der Waals surface area contributed by atoms with Crippen molar-refractivity contribution in [2.24, 2.45) is 0 Å². The number of amides is 2. The van der Waals surface area contributed by atoms with E-state index in [0.717, 1.165) is 12.8 Å². The Kier molecular flexibility index (Phi) is 7.68. The van der Waals surface area contributed by atoms with Crippen LogP contribution in [0, 0.1) is 0 Å². The molecule has 0 saturated carbocycles. The number of rotatable bonds is 4. The van der Waals surface area contributed by atoms with Crippen LogP contribution in [-0.2, 0) is 9.59 Å². The highest BCUT2D eigenvalue weighted by Crippen LogP contribution is 2.05. The summed E-state index contributed by atoms with van der Waals surface area (Å²) < 4.78 is 0. The standard InChI is InChI=1S/C9H16N2O2.C2H6/c1-2-3-6-10-9(13)7-4-5-8(12)11-7;1-2/h7H,2-6H2,1H3,(H,10,13)(H,11,12);1-2H3. The van der Waals surface area contributed by atoms with Crippen molar-refractivity contribution in [1.82, 2.24) is 10.6 Å². The molecule has 4 nitrogen and oxygen atoms in total. The molecule has 2 amide bonds. The Morgan fingerprint density at radius 2 is 2.20 bits per heavy atom. The number of carbonyl (C=O) groups is 2. The second kappa shape index (κ2) is 8.26. The second-order valence-corrected chi connectivity index (χ2v) is 3.30. The van der Waals surface area contributed by atoms with Gasteiger partial charge in [0.15, 0.2) is 0 Å². The Morgan fingerprint density at radius 1 is 1.53 bits per heavy atom. The molecule has 0 bridgehead atoms. The average molecular weight is 214 g/mol. The molecule has 1 aliphatic rings. The van der Waals surface area contributed by atoms with E-state index in [9.17, 15) is 9.59 Å². The molecule has 0 aliphatic carbocycles.